The van der Waals surface area contributed by atoms with Crippen molar-refractivity contribution in [2.75, 3.05) is 13.2 Å². The molecule has 1 atom stereocenters. The number of aromatic nitrogens is 2. The molecule has 1 aliphatic rings. The Kier molecular flexibility index (Phi) is 6.27. The van der Waals surface area contributed by atoms with Gasteiger partial charge in [0, 0.05) is 31.0 Å². The summed E-state index contributed by atoms with van der Waals surface area (Å²) in [5, 5.41) is 0. The van der Waals surface area contributed by atoms with Gasteiger partial charge in [-0.25, -0.2) is 4.98 Å². The number of unbranched alkanes of at least 4 members (excludes halogenated alkanes) is 1. The Labute approximate surface area is 191 Å². The molecule has 2 heterocycles. The number of ether oxygens (including phenoxy) is 1. The summed E-state index contributed by atoms with van der Waals surface area (Å²) >= 11 is 0. The number of carbonyl (C=O) groups is 1. The number of amides is 1. The number of benzene rings is 2. The predicted octanol–water partition coefficient (Wildman–Crippen LogP) is 5.63. The van der Waals surface area contributed by atoms with Gasteiger partial charge in [-0.15, -0.1) is 0 Å². The number of imidazole rings is 1. The zero-order valence-electron chi connectivity index (χ0n) is 20.0. The van der Waals surface area contributed by atoms with E-state index >= 15 is 0 Å². The summed E-state index contributed by atoms with van der Waals surface area (Å²) in [4.78, 5) is 19.7. The Morgan fingerprint density at radius 1 is 1.09 bits per heavy atom. The van der Waals surface area contributed by atoms with Crippen LogP contribution in [0.3, 0.4) is 0 Å². The van der Waals surface area contributed by atoms with Crippen LogP contribution in [-0.4, -0.2) is 39.0 Å². The Morgan fingerprint density at radius 2 is 1.88 bits per heavy atom. The maximum Gasteiger partial charge on any atom is 0.223 e. The Hall–Kier alpha value is -2.82. The average molecular weight is 434 g/mol. The van der Waals surface area contributed by atoms with Crippen LogP contribution in [0.5, 0.6) is 5.75 Å². The molecule has 0 aliphatic carbocycles. The molecule has 32 heavy (non-hydrogen) atoms. The number of para-hydroxylation sites is 2. The third-order valence-electron chi connectivity index (χ3n) is 6.36. The lowest BCUT2D eigenvalue weighted by Crippen LogP contribution is -2.42. The molecule has 2 aromatic carbocycles. The summed E-state index contributed by atoms with van der Waals surface area (Å²) in [6.07, 6.45) is 2.51. The number of carbonyl (C=O) groups excluding carboxylic acids is 1. The van der Waals surface area contributed by atoms with E-state index in [1.54, 1.807) is 0 Å². The molecule has 1 aromatic heterocycles. The average Bonchev–Trinajstić information content (AvgIpc) is 3.31. The van der Waals surface area contributed by atoms with Crippen molar-refractivity contribution in [2.24, 2.45) is 0 Å². The van der Waals surface area contributed by atoms with E-state index < -0.39 is 0 Å². The fourth-order valence-electron chi connectivity index (χ4n) is 4.59. The number of nitrogens with zero attached hydrogens (tertiary/aromatic N) is 3. The van der Waals surface area contributed by atoms with Crippen LogP contribution < -0.4 is 4.74 Å². The molecule has 1 fully saturated rings. The van der Waals surface area contributed by atoms with Crippen molar-refractivity contribution in [1.29, 1.82) is 0 Å². The highest BCUT2D eigenvalue weighted by Crippen LogP contribution is 2.34. The predicted molar refractivity (Wildman–Crippen MR) is 129 cm³/mol. The molecule has 1 saturated heterocycles. The van der Waals surface area contributed by atoms with Gasteiger partial charge in [0.25, 0.3) is 0 Å². The van der Waals surface area contributed by atoms with Crippen LogP contribution in [0.25, 0.3) is 11.0 Å². The third kappa shape index (κ3) is 4.67. The van der Waals surface area contributed by atoms with E-state index in [-0.39, 0.29) is 17.4 Å². The number of hydrogen-bond donors (Lipinski definition) is 0. The second kappa shape index (κ2) is 8.97. The molecule has 0 N–H and O–H groups in total. The Morgan fingerprint density at radius 3 is 2.62 bits per heavy atom. The van der Waals surface area contributed by atoms with Crippen molar-refractivity contribution in [1.82, 2.24) is 14.5 Å². The number of likely N-dealkylation sites (tertiary alicyclic amines) is 1. The topological polar surface area (TPSA) is 47.4 Å². The van der Waals surface area contributed by atoms with E-state index in [9.17, 15) is 4.79 Å². The molecule has 1 aliphatic heterocycles. The van der Waals surface area contributed by atoms with Crippen LogP contribution in [-0.2, 0) is 11.3 Å². The summed E-state index contributed by atoms with van der Waals surface area (Å²) in [6, 6.07) is 14.6. The van der Waals surface area contributed by atoms with E-state index in [1.807, 2.05) is 11.0 Å². The van der Waals surface area contributed by atoms with Gasteiger partial charge in [-0.05, 0) is 76.8 Å². The van der Waals surface area contributed by atoms with Gasteiger partial charge >= 0.3 is 0 Å². The first-order chi connectivity index (χ1) is 15.2. The summed E-state index contributed by atoms with van der Waals surface area (Å²) in [5.74, 6) is 2.38. The highest BCUT2D eigenvalue weighted by Gasteiger charge is 2.38. The molecule has 1 amide bonds. The van der Waals surface area contributed by atoms with Gasteiger partial charge in [0.1, 0.15) is 11.6 Å². The van der Waals surface area contributed by atoms with Crippen molar-refractivity contribution in [2.45, 2.75) is 71.9 Å². The number of rotatable bonds is 7. The summed E-state index contributed by atoms with van der Waals surface area (Å²) in [7, 11) is 0. The summed E-state index contributed by atoms with van der Waals surface area (Å²) in [6.45, 7) is 12.8. The van der Waals surface area contributed by atoms with Gasteiger partial charge < -0.3 is 14.2 Å². The van der Waals surface area contributed by atoms with Crippen LogP contribution in [0.1, 0.15) is 62.9 Å². The van der Waals surface area contributed by atoms with Crippen molar-refractivity contribution >= 4 is 16.9 Å². The summed E-state index contributed by atoms with van der Waals surface area (Å²) < 4.78 is 8.37. The van der Waals surface area contributed by atoms with Gasteiger partial charge in [-0.2, -0.15) is 0 Å². The second-order valence-corrected chi connectivity index (χ2v) is 10.0. The minimum atomic E-state index is -0.159. The maximum atomic E-state index is 12.7. The van der Waals surface area contributed by atoms with Crippen LogP contribution in [0.4, 0.5) is 0 Å². The molecule has 3 aromatic rings. The van der Waals surface area contributed by atoms with Crippen molar-refractivity contribution in [3.05, 3.63) is 59.4 Å². The minimum absolute atomic E-state index is 0.139. The van der Waals surface area contributed by atoms with Gasteiger partial charge in [-0.3, -0.25) is 4.79 Å². The molecular formula is C27H35N3O2. The first kappa shape index (κ1) is 22.4. The highest BCUT2D eigenvalue weighted by molar-refractivity contribution is 5.81. The van der Waals surface area contributed by atoms with Crippen LogP contribution >= 0.6 is 0 Å². The van der Waals surface area contributed by atoms with E-state index in [1.165, 1.54) is 11.1 Å². The number of aryl methyl sites for hydroxylation is 3. The lowest BCUT2D eigenvalue weighted by Gasteiger charge is -2.32. The van der Waals surface area contributed by atoms with E-state index in [2.05, 4.69) is 75.6 Å². The fourth-order valence-corrected chi connectivity index (χ4v) is 4.59. The first-order valence-corrected chi connectivity index (χ1v) is 11.7. The fraction of sp³-hybridized carbons (Fsp3) is 0.481. The van der Waals surface area contributed by atoms with Crippen molar-refractivity contribution < 1.29 is 9.53 Å². The Bertz CT molecular complexity index is 1110. The molecule has 0 bridgehead atoms. The van der Waals surface area contributed by atoms with Crippen LogP contribution in [0.2, 0.25) is 0 Å². The molecule has 0 spiro atoms. The monoisotopic (exact) mass is 433 g/mol. The van der Waals surface area contributed by atoms with E-state index in [0.717, 1.165) is 48.5 Å². The zero-order chi connectivity index (χ0) is 22.9. The molecule has 0 saturated carbocycles. The minimum Gasteiger partial charge on any atom is -0.493 e. The first-order valence-electron chi connectivity index (χ1n) is 11.7. The van der Waals surface area contributed by atoms with E-state index in [4.69, 9.17) is 9.72 Å². The molecule has 5 heteroatoms. The standard InChI is InChI=1S/C27H35N3O2/c1-19-12-13-20(2)24(16-19)32-15-9-8-14-29-23-11-7-6-10-22(23)28-26(29)21-17-25(31)30(18-21)27(3,4)5/h6-7,10-13,16,21H,8-9,14-15,17-18H2,1-5H3. The van der Waals surface area contributed by atoms with Crippen LogP contribution in [0, 0.1) is 13.8 Å². The Balaban J connectivity index is 1.45. The third-order valence-corrected chi connectivity index (χ3v) is 6.36. The summed E-state index contributed by atoms with van der Waals surface area (Å²) in [5.41, 5.74) is 4.40. The van der Waals surface area contributed by atoms with Gasteiger partial charge in [0.05, 0.1) is 17.6 Å². The molecule has 170 valence electrons. The normalized spacial score (nSPS) is 16.8. The molecular weight excluding hydrogens is 398 g/mol. The zero-order valence-corrected chi connectivity index (χ0v) is 20.0. The van der Waals surface area contributed by atoms with Gasteiger partial charge in [0.2, 0.25) is 5.91 Å². The molecule has 5 nitrogen and oxygen atoms in total. The molecule has 4 rings (SSSR count). The quantitative estimate of drug-likeness (QED) is 0.454. The lowest BCUT2D eigenvalue weighted by atomic mass is 10.1. The van der Waals surface area contributed by atoms with E-state index in [0.29, 0.717) is 13.0 Å². The second-order valence-electron chi connectivity index (χ2n) is 10.0. The highest BCUT2D eigenvalue weighted by atomic mass is 16.5. The maximum absolute atomic E-state index is 12.7. The molecule has 1 unspecified atom stereocenters. The number of hydrogen-bond acceptors (Lipinski definition) is 3. The lowest BCUT2D eigenvalue weighted by molar-refractivity contribution is -0.131. The number of fused-ring (bicyclic) bond motifs is 1. The van der Waals surface area contributed by atoms with Crippen LogP contribution in [0.15, 0.2) is 42.5 Å². The SMILES string of the molecule is Cc1ccc(C)c(OCCCCn2c(C3CC(=O)N(C(C)(C)C)C3)nc3ccccc32)c1. The largest absolute Gasteiger partial charge is 0.493 e. The van der Waals surface area contributed by atoms with Gasteiger partial charge in [-0.1, -0.05) is 24.3 Å². The van der Waals surface area contributed by atoms with Crippen molar-refractivity contribution in [3.8, 4) is 5.75 Å². The van der Waals surface area contributed by atoms with Crippen molar-refractivity contribution in [3.63, 3.8) is 0 Å². The van der Waals surface area contributed by atoms with Gasteiger partial charge in [0.15, 0.2) is 0 Å². The molecule has 0 radical (unpaired) electrons. The smallest absolute Gasteiger partial charge is 0.223 e.